The fourth-order valence-electron chi connectivity index (χ4n) is 2.53. The van der Waals surface area contributed by atoms with Crippen LogP contribution in [-0.4, -0.2) is 56.0 Å². The molecule has 0 amide bonds. The van der Waals surface area contributed by atoms with Crippen LogP contribution >= 0.6 is 11.3 Å². The lowest BCUT2D eigenvalue weighted by atomic mass is 10.2. The van der Waals surface area contributed by atoms with Gasteiger partial charge < -0.3 is 10.0 Å². The Balaban J connectivity index is 2.16. The first kappa shape index (κ1) is 15.9. The van der Waals surface area contributed by atoms with Crippen molar-refractivity contribution in [1.82, 2.24) is 9.21 Å². The topological polar surface area (TPSA) is 60.9 Å². The highest BCUT2D eigenvalue weighted by Crippen LogP contribution is 2.28. The number of thiophene rings is 1. The van der Waals surface area contributed by atoms with Crippen LogP contribution in [0.3, 0.4) is 0 Å². The third kappa shape index (κ3) is 3.07. The molecular formula is C13H22N2O3S2. The van der Waals surface area contributed by atoms with Gasteiger partial charge in [-0.05, 0) is 45.0 Å². The molecule has 0 saturated carbocycles. The Morgan fingerprint density at radius 3 is 2.75 bits per heavy atom. The summed E-state index contributed by atoms with van der Waals surface area (Å²) in [4.78, 5) is 2.93. The summed E-state index contributed by atoms with van der Waals surface area (Å²) >= 11 is 1.16. The van der Waals surface area contributed by atoms with Crippen LogP contribution in [0.15, 0.2) is 10.3 Å². The molecular weight excluding hydrogens is 296 g/mol. The second-order valence-electron chi connectivity index (χ2n) is 5.39. The van der Waals surface area contributed by atoms with Gasteiger partial charge in [0.05, 0.1) is 6.61 Å². The molecule has 0 spiro atoms. The van der Waals surface area contributed by atoms with Crippen LogP contribution < -0.4 is 0 Å². The van der Waals surface area contributed by atoms with Crippen LogP contribution in [0, 0.1) is 6.92 Å². The van der Waals surface area contributed by atoms with Crippen LogP contribution in [0.4, 0.5) is 0 Å². The van der Waals surface area contributed by atoms with E-state index in [9.17, 15) is 13.5 Å². The molecule has 1 aliphatic rings. The molecule has 1 aliphatic heterocycles. The standard InChI is InChI=1S/C13H22N2O3S2/c1-10-7-13(19-12(10)9-16)20(17,18)15(3)8-11-5-4-6-14(11)2/h7,11,16H,4-6,8-9H2,1-3H3. The Kier molecular flexibility index (Phi) is 4.86. The van der Waals surface area contributed by atoms with Crippen LogP contribution in [0.1, 0.15) is 23.3 Å². The van der Waals surface area contributed by atoms with E-state index in [1.807, 2.05) is 14.0 Å². The van der Waals surface area contributed by atoms with E-state index in [1.165, 1.54) is 4.31 Å². The zero-order valence-electron chi connectivity index (χ0n) is 12.2. The van der Waals surface area contributed by atoms with Crippen molar-refractivity contribution in [1.29, 1.82) is 0 Å². The van der Waals surface area contributed by atoms with E-state index in [4.69, 9.17) is 0 Å². The monoisotopic (exact) mass is 318 g/mol. The van der Waals surface area contributed by atoms with Gasteiger partial charge in [0.1, 0.15) is 4.21 Å². The first-order chi connectivity index (χ1) is 9.36. The fraction of sp³-hybridized carbons (Fsp3) is 0.692. The maximum absolute atomic E-state index is 12.5. The molecule has 2 rings (SSSR count). The van der Waals surface area contributed by atoms with Crippen molar-refractivity contribution in [3.05, 3.63) is 16.5 Å². The molecule has 1 N–H and O–H groups in total. The largest absolute Gasteiger partial charge is 0.391 e. The zero-order chi connectivity index (χ0) is 14.9. The number of hydrogen-bond acceptors (Lipinski definition) is 5. The van der Waals surface area contributed by atoms with Crippen molar-refractivity contribution in [2.45, 2.75) is 36.6 Å². The Labute approximate surface area is 124 Å². The van der Waals surface area contributed by atoms with E-state index in [2.05, 4.69) is 4.90 Å². The maximum atomic E-state index is 12.5. The lowest BCUT2D eigenvalue weighted by molar-refractivity contribution is 0.271. The maximum Gasteiger partial charge on any atom is 0.252 e. The molecule has 7 heteroatoms. The summed E-state index contributed by atoms with van der Waals surface area (Å²) in [7, 11) is 0.225. The summed E-state index contributed by atoms with van der Waals surface area (Å²) in [5.74, 6) is 0. The number of hydrogen-bond donors (Lipinski definition) is 1. The van der Waals surface area contributed by atoms with Crippen molar-refractivity contribution >= 4 is 21.4 Å². The molecule has 0 aliphatic carbocycles. The number of sulfonamides is 1. The predicted octanol–water partition coefficient (Wildman–Crippen LogP) is 1.26. The van der Waals surface area contributed by atoms with Gasteiger partial charge in [0.2, 0.25) is 0 Å². The van der Waals surface area contributed by atoms with E-state index < -0.39 is 10.0 Å². The number of likely N-dealkylation sites (tertiary alicyclic amines) is 1. The summed E-state index contributed by atoms with van der Waals surface area (Å²) in [6, 6.07) is 1.95. The van der Waals surface area contributed by atoms with Crippen molar-refractivity contribution in [3.63, 3.8) is 0 Å². The van der Waals surface area contributed by atoms with E-state index >= 15 is 0 Å². The fourth-order valence-corrected chi connectivity index (χ4v) is 5.40. The second-order valence-corrected chi connectivity index (χ2v) is 8.80. The highest BCUT2D eigenvalue weighted by atomic mass is 32.2. The van der Waals surface area contributed by atoms with E-state index in [-0.39, 0.29) is 6.61 Å². The molecule has 0 bridgehead atoms. The Bertz CT molecular complexity index is 568. The molecule has 1 aromatic heterocycles. The van der Waals surface area contributed by atoms with E-state index in [0.29, 0.717) is 16.8 Å². The third-order valence-corrected chi connectivity index (χ3v) is 7.44. The summed E-state index contributed by atoms with van der Waals surface area (Å²) in [5, 5.41) is 9.20. The Morgan fingerprint density at radius 2 is 2.25 bits per heavy atom. The van der Waals surface area contributed by atoms with Crippen LogP contribution in [0.2, 0.25) is 0 Å². The summed E-state index contributed by atoms with van der Waals surface area (Å²) in [5.41, 5.74) is 0.836. The van der Waals surface area contributed by atoms with Crippen LogP contribution in [-0.2, 0) is 16.6 Å². The van der Waals surface area contributed by atoms with Gasteiger partial charge in [-0.25, -0.2) is 8.42 Å². The van der Waals surface area contributed by atoms with Crippen molar-refractivity contribution in [2.75, 3.05) is 27.2 Å². The van der Waals surface area contributed by atoms with Crippen LogP contribution in [0.25, 0.3) is 0 Å². The number of aliphatic hydroxyl groups is 1. The molecule has 1 saturated heterocycles. The first-order valence-corrected chi connectivity index (χ1v) is 8.98. The summed E-state index contributed by atoms with van der Waals surface area (Å²) in [6.45, 7) is 3.27. The molecule has 5 nitrogen and oxygen atoms in total. The van der Waals surface area contributed by atoms with Gasteiger partial charge in [-0.3, -0.25) is 0 Å². The molecule has 1 unspecified atom stereocenters. The smallest absolute Gasteiger partial charge is 0.252 e. The molecule has 1 atom stereocenters. The number of aliphatic hydroxyl groups excluding tert-OH is 1. The first-order valence-electron chi connectivity index (χ1n) is 6.73. The Morgan fingerprint density at radius 1 is 1.55 bits per heavy atom. The molecule has 20 heavy (non-hydrogen) atoms. The molecule has 0 radical (unpaired) electrons. The van der Waals surface area contributed by atoms with Crippen LogP contribution in [0.5, 0.6) is 0 Å². The van der Waals surface area contributed by atoms with Gasteiger partial charge in [0.15, 0.2) is 0 Å². The second kappa shape index (κ2) is 6.11. The SMILES string of the molecule is Cc1cc(S(=O)(=O)N(C)CC2CCCN2C)sc1CO. The number of aryl methyl sites for hydroxylation is 1. The van der Waals surface area contributed by atoms with Crippen molar-refractivity contribution in [3.8, 4) is 0 Å². The minimum absolute atomic E-state index is 0.110. The van der Waals surface area contributed by atoms with Gasteiger partial charge in [-0.1, -0.05) is 0 Å². The summed E-state index contributed by atoms with van der Waals surface area (Å²) < 4.78 is 26.8. The quantitative estimate of drug-likeness (QED) is 0.888. The molecule has 1 aromatic rings. The van der Waals surface area contributed by atoms with Gasteiger partial charge in [-0.15, -0.1) is 11.3 Å². The lowest BCUT2D eigenvalue weighted by Crippen LogP contribution is -2.39. The number of likely N-dealkylation sites (N-methyl/N-ethyl adjacent to an activating group) is 2. The minimum atomic E-state index is -3.45. The zero-order valence-corrected chi connectivity index (χ0v) is 13.8. The Hall–Kier alpha value is -0.470. The van der Waals surface area contributed by atoms with Gasteiger partial charge >= 0.3 is 0 Å². The van der Waals surface area contributed by atoms with Gasteiger partial charge in [-0.2, -0.15) is 4.31 Å². The average Bonchev–Trinajstić information content (AvgIpc) is 2.96. The molecule has 2 heterocycles. The van der Waals surface area contributed by atoms with Crippen molar-refractivity contribution < 1.29 is 13.5 Å². The molecule has 114 valence electrons. The highest BCUT2D eigenvalue weighted by molar-refractivity contribution is 7.91. The van der Waals surface area contributed by atoms with E-state index in [1.54, 1.807) is 13.1 Å². The number of rotatable bonds is 5. The average molecular weight is 318 g/mol. The normalized spacial score (nSPS) is 20.9. The van der Waals surface area contributed by atoms with Gasteiger partial charge in [0.25, 0.3) is 10.0 Å². The molecule has 1 fully saturated rings. The minimum Gasteiger partial charge on any atom is -0.391 e. The molecule has 0 aromatic carbocycles. The van der Waals surface area contributed by atoms with Gasteiger partial charge in [0, 0.05) is 24.5 Å². The number of nitrogens with zero attached hydrogens (tertiary/aromatic N) is 2. The predicted molar refractivity (Wildman–Crippen MR) is 80.4 cm³/mol. The highest BCUT2D eigenvalue weighted by Gasteiger charge is 2.29. The van der Waals surface area contributed by atoms with E-state index in [0.717, 1.165) is 41.2 Å². The van der Waals surface area contributed by atoms with Crippen molar-refractivity contribution in [2.24, 2.45) is 0 Å². The third-order valence-electron chi connectivity index (χ3n) is 3.95. The lowest BCUT2D eigenvalue weighted by Gasteiger charge is -2.24. The summed E-state index contributed by atoms with van der Waals surface area (Å²) in [6.07, 6.45) is 2.17.